The van der Waals surface area contributed by atoms with Crippen LogP contribution in [0.1, 0.15) is 28.8 Å². The van der Waals surface area contributed by atoms with Crippen molar-refractivity contribution in [3.8, 4) is 5.75 Å². The first-order chi connectivity index (χ1) is 13.4. The molecule has 0 radical (unpaired) electrons. The molecule has 1 fully saturated rings. The monoisotopic (exact) mass is 404 g/mol. The molecule has 8 heteroatoms. The van der Waals surface area contributed by atoms with E-state index in [2.05, 4.69) is 10.0 Å². The van der Waals surface area contributed by atoms with Crippen LogP contribution in [0.5, 0.6) is 5.75 Å². The van der Waals surface area contributed by atoms with Crippen LogP contribution in [0.15, 0.2) is 47.4 Å². The first-order valence-electron chi connectivity index (χ1n) is 9.06. The van der Waals surface area contributed by atoms with Gasteiger partial charge in [0.25, 0.3) is 5.91 Å². The zero-order chi connectivity index (χ0) is 20.1. The average Bonchev–Trinajstić information content (AvgIpc) is 3.20. The van der Waals surface area contributed by atoms with Crippen LogP contribution in [0.2, 0.25) is 0 Å². The molecule has 0 aromatic heterocycles. The van der Waals surface area contributed by atoms with Crippen LogP contribution in [0, 0.1) is 6.92 Å². The van der Waals surface area contributed by atoms with Crippen molar-refractivity contribution in [2.75, 3.05) is 25.6 Å². The Bertz CT molecular complexity index is 936. The molecule has 2 N–H and O–H groups in total. The number of ether oxygens (including phenoxy) is 2. The number of sulfonamides is 1. The maximum Gasteiger partial charge on any atom is 0.255 e. The van der Waals surface area contributed by atoms with E-state index in [0.717, 1.165) is 18.4 Å². The number of aryl methyl sites for hydroxylation is 1. The van der Waals surface area contributed by atoms with Crippen LogP contribution in [0.3, 0.4) is 0 Å². The Kier molecular flexibility index (Phi) is 6.33. The van der Waals surface area contributed by atoms with Crippen molar-refractivity contribution < 1.29 is 22.7 Å². The zero-order valence-corrected chi connectivity index (χ0v) is 16.7. The zero-order valence-electron chi connectivity index (χ0n) is 15.9. The fraction of sp³-hybridized carbons (Fsp3) is 0.350. The highest BCUT2D eigenvalue weighted by molar-refractivity contribution is 7.89. The third kappa shape index (κ3) is 4.89. The summed E-state index contributed by atoms with van der Waals surface area (Å²) in [7, 11) is -2.12. The van der Waals surface area contributed by atoms with Gasteiger partial charge in [-0.1, -0.05) is 6.07 Å². The molecule has 1 aliphatic heterocycles. The van der Waals surface area contributed by atoms with Gasteiger partial charge in [0, 0.05) is 18.7 Å². The van der Waals surface area contributed by atoms with Crippen LogP contribution >= 0.6 is 0 Å². The fourth-order valence-corrected chi connectivity index (χ4v) is 4.06. The highest BCUT2D eigenvalue weighted by Gasteiger charge is 2.20. The normalized spacial score (nSPS) is 16.7. The summed E-state index contributed by atoms with van der Waals surface area (Å²) in [6.07, 6.45) is 1.72. The number of carbonyl (C=O) groups is 1. The van der Waals surface area contributed by atoms with E-state index in [0.29, 0.717) is 23.6 Å². The summed E-state index contributed by atoms with van der Waals surface area (Å²) in [5.74, 6) is 0.205. The minimum Gasteiger partial charge on any atom is -0.495 e. The van der Waals surface area contributed by atoms with Crippen molar-refractivity contribution in [1.82, 2.24) is 4.72 Å². The first kappa shape index (κ1) is 20.3. The average molecular weight is 404 g/mol. The van der Waals surface area contributed by atoms with Gasteiger partial charge in [0.15, 0.2) is 0 Å². The van der Waals surface area contributed by atoms with E-state index in [1.165, 1.54) is 31.4 Å². The Morgan fingerprint density at radius 2 is 1.96 bits per heavy atom. The van der Waals surface area contributed by atoms with E-state index < -0.39 is 10.0 Å². The summed E-state index contributed by atoms with van der Waals surface area (Å²) in [5.41, 5.74) is 1.89. The van der Waals surface area contributed by atoms with Crippen LogP contribution in [-0.2, 0) is 14.8 Å². The predicted molar refractivity (Wildman–Crippen MR) is 106 cm³/mol. The van der Waals surface area contributed by atoms with Crippen molar-refractivity contribution >= 4 is 21.6 Å². The first-order valence-corrected chi connectivity index (χ1v) is 10.5. The number of benzene rings is 2. The number of amides is 1. The lowest BCUT2D eigenvalue weighted by molar-refractivity contribution is 0.102. The van der Waals surface area contributed by atoms with Gasteiger partial charge in [0.2, 0.25) is 10.0 Å². The van der Waals surface area contributed by atoms with Crippen molar-refractivity contribution in [2.45, 2.75) is 30.8 Å². The number of hydrogen-bond donors (Lipinski definition) is 2. The summed E-state index contributed by atoms with van der Waals surface area (Å²) >= 11 is 0. The number of rotatable bonds is 7. The Labute approximate surface area is 165 Å². The van der Waals surface area contributed by atoms with Crippen molar-refractivity contribution in [3.05, 3.63) is 53.6 Å². The molecule has 1 amide bonds. The second-order valence-corrected chi connectivity index (χ2v) is 8.44. The largest absolute Gasteiger partial charge is 0.495 e. The minimum atomic E-state index is -3.65. The number of hydrogen-bond acceptors (Lipinski definition) is 5. The van der Waals surface area contributed by atoms with Crippen LogP contribution in [0.4, 0.5) is 5.69 Å². The smallest absolute Gasteiger partial charge is 0.255 e. The Morgan fingerprint density at radius 1 is 1.21 bits per heavy atom. The molecule has 0 aliphatic carbocycles. The second-order valence-electron chi connectivity index (χ2n) is 6.67. The van der Waals surface area contributed by atoms with E-state index >= 15 is 0 Å². The number of anilines is 1. The summed E-state index contributed by atoms with van der Waals surface area (Å²) in [6, 6.07) is 11.3. The van der Waals surface area contributed by atoms with Crippen LogP contribution in [-0.4, -0.2) is 40.7 Å². The minimum absolute atomic E-state index is 0.0795. The lowest BCUT2D eigenvalue weighted by Crippen LogP contribution is -2.31. The Hall–Kier alpha value is -2.42. The van der Waals surface area contributed by atoms with Gasteiger partial charge < -0.3 is 14.8 Å². The number of nitrogens with one attached hydrogen (secondary N) is 2. The van der Waals surface area contributed by atoms with E-state index in [4.69, 9.17) is 9.47 Å². The molecule has 1 aliphatic rings. The molecule has 1 atom stereocenters. The highest BCUT2D eigenvalue weighted by atomic mass is 32.2. The van der Waals surface area contributed by atoms with Crippen molar-refractivity contribution in [2.24, 2.45) is 0 Å². The van der Waals surface area contributed by atoms with Gasteiger partial charge in [-0.2, -0.15) is 0 Å². The third-order valence-corrected chi connectivity index (χ3v) is 5.99. The van der Waals surface area contributed by atoms with Gasteiger partial charge in [-0.3, -0.25) is 4.79 Å². The number of methoxy groups -OCH3 is 1. The Morgan fingerprint density at radius 3 is 2.61 bits per heavy atom. The predicted octanol–water partition coefficient (Wildman–Crippen LogP) is 2.71. The van der Waals surface area contributed by atoms with Gasteiger partial charge in [0.1, 0.15) is 5.75 Å². The summed E-state index contributed by atoms with van der Waals surface area (Å²) in [5, 5.41) is 2.79. The lowest BCUT2D eigenvalue weighted by atomic mass is 10.1. The molecule has 7 nitrogen and oxygen atoms in total. The van der Waals surface area contributed by atoms with E-state index in [9.17, 15) is 13.2 Å². The summed E-state index contributed by atoms with van der Waals surface area (Å²) < 4.78 is 38.0. The van der Waals surface area contributed by atoms with Crippen molar-refractivity contribution in [1.29, 1.82) is 0 Å². The fourth-order valence-electron chi connectivity index (χ4n) is 2.99. The molecule has 0 spiro atoms. The molecular formula is C20H24N2O5S. The lowest BCUT2D eigenvalue weighted by Gasteiger charge is -2.12. The molecule has 2 aromatic carbocycles. The quantitative estimate of drug-likeness (QED) is 0.740. The molecule has 2 aromatic rings. The van der Waals surface area contributed by atoms with Gasteiger partial charge in [-0.15, -0.1) is 0 Å². The maximum atomic E-state index is 12.5. The Balaban J connectivity index is 1.68. The molecule has 0 saturated carbocycles. The summed E-state index contributed by atoms with van der Waals surface area (Å²) in [6.45, 7) is 2.83. The topological polar surface area (TPSA) is 93.7 Å². The number of carbonyl (C=O) groups excluding carboxylic acids is 1. The van der Waals surface area contributed by atoms with Gasteiger partial charge in [-0.25, -0.2) is 13.1 Å². The van der Waals surface area contributed by atoms with E-state index in [1.54, 1.807) is 6.07 Å². The molecular weight excluding hydrogens is 380 g/mol. The standard InChI is InChI=1S/C20H24N2O5S/c1-14-5-10-19(26-2)18(12-14)22-20(23)15-6-8-17(9-7-15)28(24,25)21-13-16-4-3-11-27-16/h5-10,12,16,21H,3-4,11,13H2,1-2H3,(H,22,23)/t16-/m0/s1. The highest BCUT2D eigenvalue weighted by Crippen LogP contribution is 2.26. The molecule has 0 bridgehead atoms. The van der Waals surface area contributed by atoms with Gasteiger partial charge in [0.05, 0.1) is 23.8 Å². The molecule has 150 valence electrons. The summed E-state index contributed by atoms with van der Waals surface area (Å²) in [4.78, 5) is 12.6. The van der Waals surface area contributed by atoms with Gasteiger partial charge >= 0.3 is 0 Å². The van der Waals surface area contributed by atoms with Crippen LogP contribution < -0.4 is 14.8 Å². The maximum absolute atomic E-state index is 12.5. The molecule has 1 saturated heterocycles. The van der Waals surface area contributed by atoms with Crippen molar-refractivity contribution in [3.63, 3.8) is 0 Å². The molecule has 0 unspecified atom stereocenters. The van der Waals surface area contributed by atoms with E-state index in [-0.39, 0.29) is 23.5 Å². The molecule has 3 rings (SSSR count). The molecule has 1 heterocycles. The molecule has 28 heavy (non-hydrogen) atoms. The van der Waals surface area contributed by atoms with Gasteiger partial charge in [-0.05, 0) is 61.7 Å². The second kappa shape index (κ2) is 8.72. The SMILES string of the molecule is COc1ccc(C)cc1NC(=O)c1ccc(S(=O)(=O)NC[C@@H]2CCCO2)cc1. The van der Waals surface area contributed by atoms with Crippen LogP contribution in [0.25, 0.3) is 0 Å². The van der Waals surface area contributed by atoms with E-state index in [1.807, 2.05) is 19.1 Å². The third-order valence-electron chi connectivity index (χ3n) is 4.56.